The highest BCUT2D eigenvalue weighted by Crippen LogP contribution is 2.32. The monoisotopic (exact) mass is 274 g/mol. The van der Waals surface area contributed by atoms with Gasteiger partial charge in [-0.05, 0) is 29.9 Å². The second-order valence-electron chi connectivity index (χ2n) is 6.72. The Balaban J connectivity index is 2.27. The Hall–Kier alpha value is -1.35. The van der Waals surface area contributed by atoms with Crippen LogP contribution in [-0.2, 0) is 11.2 Å². The van der Waals surface area contributed by atoms with E-state index in [1.807, 2.05) is 4.90 Å². The van der Waals surface area contributed by atoms with Crippen molar-refractivity contribution in [3.8, 4) is 0 Å². The second kappa shape index (κ2) is 5.57. The molecule has 0 aliphatic carbocycles. The van der Waals surface area contributed by atoms with Crippen LogP contribution in [0.5, 0.6) is 0 Å². The topological polar surface area (TPSA) is 32.3 Å². The molecule has 0 bridgehead atoms. The Morgan fingerprint density at radius 2 is 1.90 bits per heavy atom. The van der Waals surface area contributed by atoms with Crippen LogP contribution in [0.3, 0.4) is 0 Å². The number of amides is 1. The molecule has 2 rings (SSSR count). The van der Waals surface area contributed by atoms with Crippen molar-refractivity contribution in [3.63, 3.8) is 0 Å². The third-order valence-electron chi connectivity index (χ3n) is 4.39. The van der Waals surface area contributed by atoms with E-state index >= 15 is 0 Å². The average Bonchev–Trinajstić information content (AvgIpc) is 2.78. The van der Waals surface area contributed by atoms with Crippen molar-refractivity contribution in [2.45, 2.75) is 53.2 Å². The normalized spacial score (nSPS) is 21.4. The van der Waals surface area contributed by atoms with E-state index in [2.05, 4.69) is 64.2 Å². The molecule has 1 amide bonds. The average molecular weight is 274 g/mol. The van der Waals surface area contributed by atoms with Gasteiger partial charge >= 0.3 is 0 Å². The smallest absolute Gasteiger partial charge is 0.238 e. The summed E-state index contributed by atoms with van der Waals surface area (Å²) in [5, 5.41) is 3.34. The fourth-order valence-corrected chi connectivity index (χ4v) is 2.59. The summed E-state index contributed by atoms with van der Waals surface area (Å²) in [7, 11) is 0. The molecular formula is C17H26N2O. The number of benzene rings is 1. The van der Waals surface area contributed by atoms with E-state index in [0.29, 0.717) is 6.54 Å². The number of nitrogens with zero attached hydrogens (tertiary/aromatic N) is 1. The molecule has 1 aromatic carbocycles. The number of rotatable bonds is 3. The number of carbonyl (C=O) groups is 1. The van der Waals surface area contributed by atoms with E-state index in [1.165, 1.54) is 11.1 Å². The Labute approximate surface area is 122 Å². The molecule has 20 heavy (non-hydrogen) atoms. The molecule has 1 aliphatic heterocycles. The summed E-state index contributed by atoms with van der Waals surface area (Å²) in [5.41, 5.74) is 2.57. The van der Waals surface area contributed by atoms with E-state index in [0.717, 1.165) is 6.42 Å². The van der Waals surface area contributed by atoms with Crippen LogP contribution in [0.2, 0.25) is 0 Å². The fourth-order valence-electron chi connectivity index (χ4n) is 2.59. The first-order valence-corrected chi connectivity index (χ1v) is 7.48. The predicted octanol–water partition coefficient (Wildman–Crippen LogP) is 3.11. The number of aryl methyl sites for hydroxylation is 1. The van der Waals surface area contributed by atoms with Crippen molar-refractivity contribution in [2.75, 3.05) is 6.54 Å². The lowest BCUT2D eigenvalue weighted by Crippen LogP contribution is -2.45. The SMILES string of the molecule is CCc1ccc(C2NCC(=O)N2C(C)C(C)(C)C)cc1. The van der Waals surface area contributed by atoms with Gasteiger partial charge in [0.25, 0.3) is 0 Å². The van der Waals surface area contributed by atoms with E-state index < -0.39 is 0 Å². The van der Waals surface area contributed by atoms with Gasteiger partial charge in [-0.15, -0.1) is 0 Å². The highest BCUT2D eigenvalue weighted by atomic mass is 16.2. The zero-order valence-electron chi connectivity index (χ0n) is 13.2. The summed E-state index contributed by atoms with van der Waals surface area (Å²) in [6, 6.07) is 8.77. The van der Waals surface area contributed by atoms with Gasteiger partial charge in [0.2, 0.25) is 5.91 Å². The minimum absolute atomic E-state index is 0.00244. The van der Waals surface area contributed by atoms with Gasteiger partial charge in [-0.25, -0.2) is 0 Å². The number of hydrogen-bond donors (Lipinski definition) is 1. The molecule has 1 fully saturated rings. The summed E-state index contributed by atoms with van der Waals surface area (Å²) in [6.45, 7) is 11.3. The van der Waals surface area contributed by atoms with Crippen LogP contribution in [0.25, 0.3) is 0 Å². The summed E-state index contributed by atoms with van der Waals surface area (Å²) in [6.07, 6.45) is 1.04. The molecule has 1 N–H and O–H groups in total. The second-order valence-corrected chi connectivity index (χ2v) is 6.72. The van der Waals surface area contributed by atoms with E-state index in [4.69, 9.17) is 0 Å². The van der Waals surface area contributed by atoms with Gasteiger partial charge in [0.15, 0.2) is 0 Å². The summed E-state index contributed by atoms with van der Waals surface area (Å²) >= 11 is 0. The van der Waals surface area contributed by atoms with Crippen molar-refractivity contribution in [1.29, 1.82) is 0 Å². The quantitative estimate of drug-likeness (QED) is 0.918. The molecule has 3 heteroatoms. The maximum atomic E-state index is 12.2. The molecule has 0 spiro atoms. The number of carbonyl (C=O) groups excluding carboxylic acids is 1. The molecule has 0 radical (unpaired) electrons. The molecule has 1 aliphatic rings. The lowest BCUT2D eigenvalue weighted by Gasteiger charge is -2.38. The Kier molecular flexibility index (Phi) is 4.19. The first kappa shape index (κ1) is 15.0. The van der Waals surface area contributed by atoms with Gasteiger partial charge in [-0.1, -0.05) is 52.0 Å². The minimum atomic E-state index is 0.00244. The minimum Gasteiger partial charge on any atom is -0.319 e. The molecule has 3 nitrogen and oxygen atoms in total. The molecule has 1 aromatic rings. The van der Waals surface area contributed by atoms with Crippen LogP contribution >= 0.6 is 0 Å². The molecule has 1 saturated heterocycles. The molecule has 2 unspecified atom stereocenters. The summed E-state index contributed by atoms with van der Waals surface area (Å²) in [4.78, 5) is 14.2. The molecule has 0 saturated carbocycles. The van der Waals surface area contributed by atoms with Gasteiger partial charge in [0.05, 0.1) is 6.54 Å². The lowest BCUT2D eigenvalue weighted by atomic mass is 9.86. The van der Waals surface area contributed by atoms with Gasteiger partial charge in [-0.3, -0.25) is 10.1 Å². The van der Waals surface area contributed by atoms with Gasteiger partial charge in [0.1, 0.15) is 6.17 Å². The summed E-state index contributed by atoms with van der Waals surface area (Å²) < 4.78 is 0. The summed E-state index contributed by atoms with van der Waals surface area (Å²) in [5.74, 6) is 0.192. The first-order valence-electron chi connectivity index (χ1n) is 7.48. The standard InChI is InChI=1S/C17H26N2O/c1-6-13-7-9-14(10-8-13)16-18-11-15(20)19(16)12(2)17(3,4)5/h7-10,12,16,18H,6,11H2,1-5H3. The van der Waals surface area contributed by atoms with Crippen LogP contribution in [0.4, 0.5) is 0 Å². The highest BCUT2D eigenvalue weighted by molar-refractivity contribution is 5.81. The van der Waals surface area contributed by atoms with Crippen molar-refractivity contribution in [2.24, 2.45) is 5.41 Å². The number of nitrogens with one attached hydrogen (secondary N) is 1. The number of hydrogen-bond acceptors (Lipinski definition) is 2. The zero-order chi connectivity index (χ0) is 14.9. The molecule has 0 aromatic heterocycles. The lowest BCUT2D eigenvalue weighted by molar-refractivity contribution is -0.132. The Morgan fingerprint density at radius 3 is 2.40 bits per heavy atom. The van der Waals surface area contributed by atoms with Gasteiger partial charge in [0, 0.05) is 6.04 Å². The van der Waals surface area contributed by atoms with E-state index in [1.54, 1.807) is 0 Å². The van der Waals surface area contributed by atoms with Crippen LogP contribution in [0, 0.1) is 5.41 Å². The maximum absolute atomic E-state index is 12.2. The maximum Gasteiger partial charge on any atom is 0.238 e. The first-order chi connectivity index (χ1) is 9.34. The van der Waals surface area contributed by atoms with Crippen LogP contribution in [0.15, 0.2) is 24.3 Å². The molecule has 110 valence electrons. The van der Waals surface area contributed by atoms with Gasteiger partial charge < -0.3 is 4.90 Å². The van der Waals surface area contributed by atoms with Crippen LogP contribution in [-0.4, -0.2) is 23.4 Å². The highest BCUT2D eigenvalue weighted by Gasteiger charge is 2.39. The van der Waals surface area contributed by atoms with Gasteiger partial charge in [-0.2, -0.15) is 0 Å². The van der Waals surface area contributed by atoms with E-state index in [9.17, 15) is 4.79 Å². The third-order valence-corrected chi connectivity index (χ3v) is 4.39. The van der Waals surface area contributed by atoms with Crippen molar-refractivity contribution in [1.82, 2.24) is 10.2 Å². The fraction of sp³-hybridized carbons (Fsp3) is 0.588. The Bertz CT molecular complexity index is 473. The van der Waals surface area contributed by atoms with Crippen molar-refractivity contribution >= 4 is 5.91 Å². The zero-order valence-corrected chi connectivity index (χ0v) is 13.2. The van der Waals surface area contributed by atoms with Crippen LogP contribution < -0.4 is 5.32 Å². The largest absolute Gasteiger partial charge is 0.319 e. The van der Waals surface area contributed by atoms with Crippen molar-refractivity contribution < 1.29 is 4.79 Å². The predicted molar refractivity (Wildman–Crippen MR) is 82.3 cm³/mol. The molecule has 1 heterocycles. The Morgan fingerprint density at radius 1 is 1.30 bits per heavy atom. The van der Waals surface area contributed by atoms with Crippen LogP contribution in [0.1, 0.15) is 51.9 Å². The molecular weight excluding hydrogens is 248 g/mol. The van der Waals surface area contributed by atoms with E-state index in [-0.39, 0.29) is 23.5 Å². The molecule has 2 atom stereocenters. The third kappa shape index (κ3) is 2.88. The van der Waals surface area contributed by atoms with Crippen molar-refractivity contribution in [3.05, 3.63) is 35.4 Å².